The van der Waals surface area contributed by atoms with Crippen molar-refractivity contribution in [1.29, 1.82) is 0 Å². The first kappa shape index (κ1) is 55.2. The second-order valence-electron chi connectivity index (χ2n) is 18.6. The molecule has 0 aliphatic carbocycles. The minimum absolute atomic E-state index is 0.0818. The Morgan fingerprint density at radius 2 is 1.47 bits per heavy atom. The maximum Gasteiger partial charge on any atom is 0.326 e. The van der Waals surface area contributed by atoms with Crippen LogP contribution in [0.3, 0.4) is 0 Å². The van der Waals surface area contributed by atoms with E-state index in [4.69, 9.17) is 9.47 Å². The van der Waals surface area contributed by atoms with Crippen LogP contribution in [0, 0.1) is 23.7 Å². The fourth-order valence-electron chi connectivity index (χ4n) is 9.26. The summed E-state index contributed by atoms with van der Waals surface area (Å²) in [7, 11) is 6.21. The number of ether oxygens (including phenoxy) is 2. The molecular weight excluding hydrogens is 849 g/mol. The van der Waals surface area contributed by atoms with Crippen LogP contribution in [0.5, 0.6) is 0 Å². The van der Waals surface area contributed by atoms with Gasteiger partial charge in [-0.15, -0.1) is 0 Å². The number of unbranched alkanes of at least 4 members (excludes halogenated alkanes) is 2. The maximum atomic E-state index is 14.6. The summed E-state index contributed by atoms with van der Waals surface area (Å²) in [5, 5.41) is 15.6. The van der Waals surface area contributed by atoms with Gasteiger partial charge in [0.1, 0.15) is 18.1 Å². The maximum absolute atomic E-state index is 14.6. The number of carbonyl (C=O) groups excluding carboxylic acids is 7. The second kappa shape index (κ2) is 26.2. The molecule has 2 aliphatic heterocycles. The SMILES string of the molecule is CCC(C)[C@@H]([C@@H](CC(=O)N1CCCC1C(OC)C(C)C(=O)NC(Cc1ccccc1)C(=O)O)OC)N(C)C(=O)[C@@H](NC(=O)C(C(C)C)N(C)C(=O)CCCCCN1C(=O)C=CC1=O)C(C)C. The number of likely N-dealkylation sites (tertiary alicyclic amines) is 1. The van der Waals surface area contributed by atoms with E-state index in [1.165, 1.54) is 36.2 Å². The molecule has 368 valence electrons. The van der Waals surface area contributed by atoms with Crippen molar-refractivity contribution in [2.75, 3.05) is 41.4 Å². The van der Waals surface area contributed by atoms with E-state index in [1.54, 1.807) is 55.1 Å². The number of rotatable bonds is 27. The van der Waals surface area contributed by atoms with Gasteiger partial charge in [-0.1, -0.05) is 91.6 Å². The molecule has 7 amide bonds. The summed E-state index contributed by atoms with van der Waals surface area (Å²) in [5.74, 6) is -5.24. The first-order valence-electron chi connectivity index (χ1n) is 23.5. The van der Waals surface area contributed by atoms with Crippen LogP contribution in [0.2, 0.25) is 0 Å². The molecule has 1 saturated heterocycles. The summed E-state index contributed by atoms with van der Waals surface area (Å²) in [6.07, 6.45) is 4.72. The summed E-state index contributed by atoms with van der Waals surface area (Å²) in [5.41, 5.74) is 0.762. The highest BCUT2D eigenvalue weighted by Crippen LogP contribution is 2.30. The van der Waals surface area contributed by atoms with Crippen molar-refractivity contribution >= 4 is 47.3 Å². The number of carboxylic acids is 1. The molecule has 1 aromatic rings. The van der Waals surface area contributed by atoms with E-state index in [9.17, 15) is 43.5 Å². The molecule has 1 fully saturated rings. The molecule has 17 heteroatoms. The number of likely N-dealkylation sites (N-methyl/N-ethyl adjacent to an activating group) is 2. The Hall–Kier alpha value is -5.16. The number of benzene rings is 1. The molecule has 66 heavy (non-hydrogen) atoms. The number of hydrogen-bond acceptors (Lipinski definition) is 10. The van der Waals surface area contributed by atoms with Gasteiger partial charge in [0.25, 0.3) is 11.8 Å². The normalized spacial score (nSPS) is 18.7. The van der Waals surface area contributed by atoms with Gasteiger partial charge >= 0.3 is 5.97 Å². The van der Waals surface area contributed by atoms with Crippen molar-refractivity contribution in [1.82, 2.24) is 30.2 Å². The molecule has 0 saturated carbocycles. The Morgan fingerprint density at radius 1 is 0.833 bits per heavy atom. The lowest BCUT2D eigenvalue weighted by atomic mass is 9.89. The number of nitrogens with one attached hydrogen (secondary N) is 2. The van der Waals surface area contributed by atoms with Crippen LogP contribution >= 0.6 is 0 Å². The Bertz CT molecular complexity index is 1840. The van der Waals surface area contributed by atoms with Crippen molar-refractivity contribution < 1.29 is 52.9 Å². The number of nitrogens with zero attached hydrogens (tertiary/aromatic N) is 4. The average molecular weight is 925 g/mol. The molecule has 0 aromatic heterocycles. The Kier molecular flexibility index (Phi) is 21.9. The average Bonchev–Trinajstić information content (AvgIpc) is 3.89. The van der Waals surface area contributed by atoms with Crippen LogP contribution in [0.1, 0.15) is 105 Å². The van der Waals surface area contributed by atoms with Crippen LogP contribution < -0.4 is 10.6 Å². The largest absolute Gasteiger partial charge is 0.480 e. The number of carbonyl (C=O) groups is 8. The van der Waals surface area contributed by atoms with E-state index in [2.05, 4.69) is 10.6 Å². The van der Waals surface area contributed by atoms with E-state index < -0.39 is 66.1 Å². The molecule has 3 rings (SSSR count). The molecule has 6 unspecified atom stereocenters. The Morgan fingerprint density at radius 3 is 2.02 bits per heavy atom. The lowest BCUT2D eigenvalue weighted by molar-refractivity contribution is -0.149. The summed E-state index contributed by atoms with van der Waals surface area (Å²) in [6.45, 7) is 13.6. The van der Waals surface area contributed by atoms with E-state index in [0.29, 0.717) is 45.1 Å². The number of methoxy groups -OCH3 is 2. The molecule has 0 bridgehead atoms. The number of aliphatic carboxylic acids is 1. The standard InChI is InChI=1S/C49H76N6O11/c1-12-32(6)44(37(65-10)29-41(59)54-27-19-22-36(54)45(66-11)33(7)46(60)50-35(49(63)64)28-34-20-15-13-16-21-34)53(9)48(62)42(30(2)3)51-47(61)43(31(4)5)52(8)38(56)23-17-14-18-26-55-39(57)24-25-40(55)58/h13,15-16,20-21,24-25,30-33,35-37,42-45H,12,14,17-19,22-23,26-29H2,1-11H3,(H,50,60)(H,51,61)(H,63,64)/t32?,33?,35?,36?,37-,42+,43?,44+,45?/m1/s1. The third-order valence-corrected chi connectivity index (χ3v) is 13.3. The number of carboxylic acid groups (broad SMARTS) is 1. The molecular formula is C49H76N6O11. The van der Waals surface area contributed by atoms with Gasteiger partial charge in [-0.05, 0) is 49.0 Å². The van der Waals surface area contributed by atoms with Gasteiger partial charge < -0.3 is 39.9 Å². The van der Waals surface area contributed by atoms with Gasteiger partial charge in [0, 0.05) is 66.4 Å². The number of imide groups is 1. The van der Waals surface area contributed by atoms with Crippen LogP contribution in [0.25, 0.3) is 0 Å². The molecule has 9 atom stereocenters. The third-order valence-electron chi connectivity index (χ3n) is 13.3. The van der Waals surface area contributed by atoms with Crippen molar-refractivity contribution in [2.24, 2.45) is 23.7 Å². The van der Waals surface area contributed by atoms with E-state index in [1.807, 2.05) is 47.6 Å². The third kappa shape index (κ3) is 14.7. The molecule has 17 nitrogen and oxygen atoms in total. The summed E-state index contributed by atoms with van der Waals surface area (Å²) in [6, 6.07) is 4.97. The Labute approximate surface area is 391 Å². The quantitative estimate of drug-likeness (QED) is 0.0853. The molecule has 1 aromatic carbocycles. The monoisotopic (exact) mass is 925 g/mol. The van der Waals surface area contributed by atoms with E-state index in [-0.39, 0.29) is 73.1 Å². The molecule has 2 aliphatic rings. The molecule has 2 heterocycles. The molecule has 3 N–H and O–H groups in total. The Balaban J connectivity index is 1.71. The topological polar surface area (TPSA) is 212 Å². The van der Waals surface area contributed by atoms with Crippen LogP contribution in [0.15, 0.2) is 42.5 Å². The van der Waals surface area contributed by atoms with Gasteiger partial charge in [-0.3, -0.25) is 38.5 Å². The first-order chi connectivity index (χ1) is 31.2. The zero-order valence-electron chi connectivity index (χ0n) is 41.0. The minimum Gasteiger partial charge on any atom is -0.480 e. The van der Waals surface area contributed by atoms with Crippen molar-refractivity contribution in [3.8, 4) is 0 Å². The van der Waals surface area contributed by atoms with Gasteiger partial charge in [0.2, 0.25) is 29.5 Å². The summed E-state index contributed by atoms with van der Waals surface area (Å²) < 4.78 is 11.9. The van der Waals surface area contributed by atoms with Gasteiger partial charge in [0.05, 0.1) is 36.6 Å². The highest BCUT2D eigenvalue weighted by atomic mass is 16.5. The lowest BCUT2D eigenvalue weighted by Crippen LogP contribution is -2.60. The zero-order valence-corrected chi connectivity index (χ0v) is 41.0. The number of amides is 7. The van der Waals surface area contributed by atoms with Crippen LogP contribution in [0.4, 0.5) is 0 Å². The van der Waals surface area contributed by atoms with Crippen LogP contribution in [-0.2, 0) is 54.3 Å². The minimum atomic E-state index is -1.16. The summed E-state index contributed by atoms with van der Waals surface area (Å²) in [4.78, 5) is 112. The van der Waals surface area contributed by atoms with Crippen molar-refractivity contribution in [3.63, 3.8) is 0 Å². The molecule has 0 radical (unpaired) electrons. The predicted octanol–water partition coefficient (Wildman–Crippen LogP) is 3.83. The van der Waals surface area contributed by atoms with Gasteiger partial charge in [-0.2, -0.15) is 0 Å². The van der Waals surface area contributed by atoms with E-state index >= 15 is 0 Å². The highest BCUT2D eigenvalue weighted by molar-refractivity contribution is 6.12. The van der Waals surface area contributed by atoms with Crippen molar-refractivity contribution in [3.05, 3.63) is 48.0 Å². The van der Waals surface area contributed by atoms with Crippen molar-refractivity contribution in [2.45, 2.75) is 149 Å². The predicted molar refractivity (Wildman–Crippen MR) is 248 cm³/mol. The summed E-state index contributed by atoms with van der Waals surface area (Å²) >= 11 is 0. The smallest absolute Gasteiger partial charge is 0.326 e. The molecule has 0 spiro atoms. The first-order valence-corrected chi connectivity index (χ1v) is 23.5. The van der Waals surface area contributed by atoms with Gasteiger partial charge in [0.15, 0.2) is 0 Å². The number of hydrogen-bond donors (Lipinski definition) is 3. The zero-order chi connectivity index (χ0) is 49.4. The fraction of sp³-hybridized carbons (Fsp3) is 0.673. The van der Waals surface area contributed by atoms with E-state index in [0.717, 1.165) is 5.56 Å². The highest BCUT2D eigenvalue weighted by Gasteiger charge is 2.44. The fourth-order valence-corrected chi connectivity index (χ4v) is 9.26. The van der Waals surface area contributed by atoms with Gasteiger partial charge in [-0.25, -0.2) is 4.79 Å². The lowest BCUT2D eigenvalue weighted by Gasteiger charge is -2.41. The second-order valence-corrected chi connectivity index (χ2v) is 18.6. The van der Waals surface area contributed by atoms with Crippen LogP contribution in [-0.4, -0.2) is 156 Å².